The topological polar surface area (TPSA) is 26.0 Å². The smallest absolute Gasteiger partial charge is 0.0409 e. The highest BCUT2D eigenvalue weighted by atomic mass is 79.9. The first-order valence-electron chi connectivity index (χ1n) is 4.65. The van der Waals surface area contributed by atoms with Gasteiger partial charge in [-0.2, -0.15) is 0 Å². The van der Waals surface area contributed by atoms with Gasteiger partial charge in [0.1, 0.15) is 0 Å². The second-order valence-corrected chi connectivity index (χ2v) is 4.98. The molecule has 1 atom stereocenters. The fraction of sp³-hybridized carbons (Fsp3) is 0.455. The van der Waals surface area contributed by atoms with Gasteiger partial charge in [0.2, 0.25) is 0 Å². The Balaban J connectivity index is 2.28. The van der Waals surface area contributed by atoms with E-state index in [0.29, 0.717) is 5.92 Å². The molecule has 1 aromatic rings. The number of benzene rings is 1. The standard InChI is InChI=1S/C11H14BrN/c1-11(13,8-2-3-8)9-4-6-10(12)7-5-9/h4-8H,2-3,13H2,1H3. The molecule has 1 unspecified atom stereocenters. The van der Waals surface area contributed by atoms with Crippen molar-refractivity contribution in [3.8, 4) is 0 Å². The number of rotatable bonds is 2. The first-order valence-corrected chi connectivity index (χ1v) is 5.45. The summed E-state index contributed by atoms with van der Waals surface area (Å²) in [7, 11) is 0. The molecular formula is C11H14BrN. The summed E-state index contributed by atoms with van der Waals surface area (Å²) in [5, 5.41) is 0. The molecule has 2 heteroatoms. The van der Waals surface area contributed by atoms with Crippen LogP contribution in [0.4, 0.5) is 0 Å². The van der Waals surface area contributed by atoms with E-state index in [-0.39, 0.29) is 5.54 Å². The molecule has 0 heterocycles. The summed E-state index contributed by atoms with van der Waals surface area (Å²) in [5.74, 6) is 0.689. The van der Waals surface area contributed by atoms with Gasteiger partial charge in [0.25, 0.3) is 0 Å². The van der Waals surface area contributed by atoms with Crippen molar-refractivity contribution < 1.29 is 0 Å². The molecule has 70 valence electrons. The summed E-state index contributed by atoms with van der Waals surface area (Å²) in [4.78, 5) is 0. The molecule has 1 fully saturated rings. The maximum absolute atomic E-state index is 6.28. The lowest BCUT2D eigenvalue weighted by molar-refractivity contribution is 0.427. The van der Waals surface area contributed by atoms with Gasteiger partial charge in [-0.15, -0.1) is 0 Å². The highest BCUT2D eigenvalue weighted by Gasteiger charge is 2.39. The molecule has 13 heavy (non-hydrogen) atoms. The van der Waals surface area contributed by atoms with Crippen LogP contribution in [-0.2, 0) is 5.54 Å². The minimum Gasteiger partial charge on any atom is -0.321 e. The van der Waals surface area contributed by atoms with Crippen LogP contribution in [0.2, 0.25) is 0 Å². The third-order valence-corrected chi connectivity index (χ3v) is 3.42. The Morgan fingerprint density at radius 3 is 2.31 bits per heavy atom. The molecule has 0 amide bonds. The minimum atomic E-state index is -0.124. The molecule has 0 spiro atoms. The van der Waals surface area contributed by atoms with Gasteiger partial charge >= 0.3 is 0 Å². The summed E-state index contributed by atoms with van der Waals surface area (Å²) in [6, 6.07) is 8.34. The van der Waals surface area contributed by atoms with Gasteiger partial charge in [-0.05, 0) is 43.4 Å². The largest absolute Gasteiger partial charge is 0.321 e. The van der Waals surface area contributed by atoms with Crippen LogP contribution in [-0.4, -0.2) is 0 Å². The first-order chi connectivity index (χ1) is 6.10. The van der Waals surface area contributed by atoms with Crippen LogP contribution in [0, 0.1) is 5.92 Å². The Morgan fingerprint density at radius 1 is 1.31 bits per heavy atom. The van der Waals surface area contributed by atoms with Crippen LogP contribution in [0.3, 0.4) is 0 Å². The molecule has 1 aliphatic carbocycles. The van der Waals surface area contributed by atoms with Crippen molar-refractivity contribution in [3.63, 3.8) is 0 Å². The van der Waals surface area contributed by atoms with E-state index in [2.05, 4.69) is 47.1 Å². The molecule has 0 aromatic heterocycles. The summed E-state index contributed by atoms with van der Waals surface area (Å²) < 4.78 is 1.11. The van der Waals surface area contributed by atoms with Gasteiger partial charge in [0, 0.05) is 10.0 Å². The van der Waals surface area contributed by atoms with E-state index in [1.54, 1.807) is 0 Å². The summed E-state index contributed by atoms with van der Waals surface area (Å²) in [6.07, 6.45) is 2.56. The fourth-order valence-electron chi connectivity index (χ4n) is 1.73. The number of hydrogen-bond acceptors (Lipinski definition) is 1. The number of halogens is 1. The SMILES string of the molecule is CC(N)(c1ccc(Br)cc1)C1CC1. The third kappa shape index (κ3) is 1.79. The third-order valence-electron chi connectivity index (χ3n) is 2.89. The van der Waals surface area contributed by atoms with E-state index in [1.165, 1.54) is 18.4 Å². The first kappa shape index (κ1) is 9.22. The second-order valence-electron chi connectivity index (χ2n) is 4.06. The molecule has 0 aliphatic heterocycles. The molecule has 1 aromatic carbocycles. The van der Waals surface area contributed by atoms with E-state index >= 15 is 0 Å². The Bertz CT molecular complexity index is 298. The van der Waals surface area contributed by atoms with Gasteiger partial charge in [-0.1, -0.05) is 28.1 Å². The van der Waals surface area contributed by atoms with Crippen molar-refractivity contribution in [1.29, 1.82) is 0 Å². The predicted octanol–water partition coefficient (Wildman–Crippen LogP) is 3.03. The average molecular weight is 240 g/mol. The lowest BCUT2D eigenvalue weighted by atomic mass is 9.88. The van der Waals surface area contributed by atoms with Crippen LogP contribution in [0.5, 0.6) is 0 Å². The maximum Gasteiger partial charge on any atom is 0.0409 e. The predicted molar refractivity (Wildman–Crippen MR) is 58.4 cm³/mol. The Labute approximate surface area is 87.5 Å². The zero-order valence-electron chi connectivity index (χ0n) is 7.76. The Kier molecular flexibility index (Phi) is 2.20. The summed E-state index contributed by atoms with van der Waals surface area (Å²) in [6.45, 7) is 2.13. The normalized spacial score (nSPS) is 21.2. The van der Waals surface area contributed by atoms with Crippen LogP contribution in [0.15, 0.2) is 28.7 Å². The molecule has 1 saturated carbocycles. The molecule has 0 saturated heterocycles. The van der Waals surface area contributed by atoms with Gasteiger partial charge < -0.3 is 5.73 Å². The second kappa shape index (κ2) is 3.10. The van der Waals surface area contributed by atoms with E-state index in [1.807, 2.05) is 0 Å². The fourth-order valence-corrected chi connectivity index (χ4v) is 1.99. The zero-order valence-corrected chi connectivity index (χ0v) is 9.34. The molecule has 2 N–H and O–H groups in total. The lowest BCUT2D eigenvalue weighted by Gasteiger charge is -2.25. The van der Waals surface area contributed by atoms with Crippen molar-refractivity contribution >= 4 is 15.9 Å². The van der Waals surface area contributed by atoms with Crippen molar-refractivity contribution in [2.75, 3.05) is 0 Å². The summed E-state index contributed by atoms with van der Waals surface area (Å²) >= 11 is 3.42. The molecular weight excluding hydrogens is 226 g/mol. The van der Waals surface area contributed by atoms with Crippen molar-refractivity contribution in [3.05, 3.63) is 34.3 Å². The molecule has 1 aliphatic rings. The quantitative estimate of drug-likeness (QED) is 0.844. The van der Waals surface area contributed by atoms with Crippen LogP contribution < -0.4 is 5.73 Å². The molecule has 0 bridgehead atoms. The van der Waals surface area contributed by atoms with Gasteiger partial charge in [0.15, 0.2) is 0 Å². The molecule has 2 rings (SSSR count). The molecule has 0 radical (unpaired) electrons. The van der Waals surface area contributed by atoms with Gasteiger partial charge in [-0.25, -0.2) is 0 Å². The lowest BCUT2D eigenvalue weighted by Crippen LogP contribution is -2.35. The maximum atomic E-state index is 6.28. The van der Waals surface area contributed by atoms with E-state index in [4.69, 9.17) is 5.73 Å². The highest BCUT2D eigenvalue weighted by Crippen LogP contribution is 2.43. The minimum absolute atomic E-state index is 0.124. The summed E-state index contributed by atoms with van der Waals surface area (Å²) in [5.41, 5.74) is 7.40. The zero-order chi connectivity index (χ0) is 9.47. The Hall–Kier alpha value is -0.340. The van der Waals surface area contributed by atoms with Crippen LogP contribution in [0.25, 0.3) is 0 Å². The monoisotopic (exact) mass is 239 g/mol. The van der Waals surface area contributed by atoms with E-state index in [0.717, 1.165) is 4.47 Å². The average Bonchev–Trinajstić information content (AvgIpc) is 2.87. The van der Waals surface area contributed by atoms with Crippen molar-refractivity contribution in [2.24, 2.45) is 11.7 Å². The van der Waals surface area contributed by atoms with Crippen molar-refractivity contribution in [2.45, 2.75) is 25.3 Å². The Morgan fingerprint density at radius 2 is 1.85 bits per heavy atom. The van der Waals surface area contributed by atoms with Crippen LogP contribution in [0.1, 0.15) is 25.3 Å². The number of nitrogens with two attached hydrogens (primary N) is 1. The number of hydrogen-bond donors (Lipinski definition) is 1. The van der Waals surface area contributed by atoms with Gasteiger partial charge in [-0.3, -0.25) is 0 Å². The molecule has 1 nitrogen and oxygen atoms in total. The van der Waals surface area contributed by atoms with Crippen LogP contribution >= 0.6 is 15.9 Å². The van der Waals surface area contributed by atoms with E-state index in [9.17, 15) is 0 Å². The van der Waals surface area contributed by atoms with Crippen molar-refractivity contribution in [1.82, 2.24) is 0 Å². The van der Waals surface area contributed by atoms with Gasteiger partial charge in [0.05, 0.1) is 0 Å². The van der Waals surface area contributed by atoms with E-state index < -0.39 is 0 Å². The highest BCUT2D eigenvalue weighted by molar-refractivity contribution is 9.10.